The van der Waals surface area contributed by atoms with Gasteiger partial charge in [-0.2, -0.15) is 0 Å². The van der Waals surface area contributed by atoms with Crippen molar-refractivity contribution in [3.05, 3.63) is 69.7 Å². The van der Waals surface area contributed by atoms with Crippen molar-refractivity contribution in [3.8, 4) is 0 Å². The molecule has 3 N–H and O–H groups in total. The third kappa shape index (κ3) is 3.15. The van der Waals surface area contributed by atoms with Crippen molar-refractivity contribution in [1.82, 2.24) is 5.43 Å². The second-order valence-corrected chi connectivity index (χ2v) is 5.07. The smallest absolute Gasteiger partial charge is 0.162 e. The van der Waals surface area contributed by atoms with Crippen LogP contribution in [0.5, 0.6) is 0 Å². The highest BCUT2D eigenvalue weighted by Gasteiger charge is 2.17. The van der Waals surface area contributed by atoms with Crippen LogP contribution in [0.2, 0.25) is 5.02 Å². The molecule has 0 fully saturated rings. The van der Waals surface area contributed by atoms with E-state index in [0.29, 0.717) is 5.02 Å². The van der Waals surface area contributed by atoms with Crippen LogP contribution >= 0.6 is 11.6 Å². The Labute approximate surface area is 121 Å². The van der Waals surface area contributed by atoms with Crippen molar-refractivity contribution in [2.24, 2.45) is 5.84 Å². The Bertz CT molecular complexity index is 617. The van der Waals surface area contributed by atoms with Crippen molar-refractivity contribution < 1.29 is 8.78 Å². The molecule has 0 aliphatic heterocycles. The number of nitrogens with one attached hydrogen (secondary N) is 1. The number of rotatable bonds is 4. The van der Waals surface area contributed by atoms with Crippen LogP contribution in [0.15, 0.2) is 36.4 Å². The first-order chi connectivity index (χ1) is 9.52. The average molecular weight is 297 g/mol. The molecule has 5 heteroatoms. The van der Waals surface area contributed by atoms with E-state index in [-0.39, 0.29) is 18.0 Å². The van der Waals surface area contributed by atoms with Crippen molar-refractivity contribution in [1.29, 1.82) is 0 Å². The monoisotopic (exact) mass is 296 g/mol. The minimum absolute atomic E-state index is 0.253. The van der Waals surface area contributed by atoms with Gasteiger partial charge in [-0.25, -0.2) is 8.78 Å². The van der Waals surface area contributed by atoms with Crippen molar-refractivity contribution in [2.75, 3.05) is 0 Å². The fraction of sp³-hybridized carbons (Fsp3) is 0.200. The minimum atomic E-state index is -0.855. The molecule has 0 amide bonds. The highest BCUT2D eigenvalue weighted by Crippen LogP contribution is 2.25. The van der Waals surface area contributed by atoms with E-state index >= 15 is 0 Å². The second-order valence-electron chi connectivity index (χ2n) is 4.64. The molecule has 0 aliphatic rings. The maximum Gasteiger partial charge on any atom is 0.162 e. The van der Waals surface area contributed by atoms with Crippen LogP contribution in [0, 0.1) is 18.6 Å². The van der Waals surface area contributed by atoms with E-state index in [1.54, 1.807) is 12.1 Å². The first kappa shape index (κ1) is 14.9. The van der Waals surface area contributed by atoms with Crippen LogP contribution in [0.4, 0.5) is 8.78 Å². The summed E-state index contributed by atoms with van der Waals surface area (Å²) >= 11 is 5.91. The molecule has 0 spiro atoms. The highest BCUT2D eigenvalue weighted by molar-refractivity contribution is 6.30. The summed E-state index contributed by atoms with van der Waals surface area (Å²) in [6.45, 7) is 1.90. The lowest BCUT2D eigenvalue weighted by Gasteiger charge is -2.19. The predicted octanol–water partition coefficient (Wildman–Crippen LogP) is 3.67. The molecule has 0 aliphatic carbocycles. The number of benzene rings is 2. The Morgan fingerprint density at radius 1 is 1.25 bits per heavy atom. The van der Waals surface area contributed by atoms with Gasteiger partial charge in [0.05, 0.1) is 6.04 Å². The Morgan fingerprint density at radius 3 is 2.65 bits per heavy atom. The zero-order valence-corrected chi connectivity index (χ0v) is 11.7. The Kier molecular flexibility index (Phi) is 4.70. The van der Waals surface area contributed by atoms with E-state index in [0.717, 1.165) is 17.2 Å². The fourth-order valence-electron chi connectivity index (χ4n) is 2.21. The molecule has 1 atom stereocenters. The zero-order chi connectivity index (χ0) is 14.7. The summed E-state index contributed by atoms with van der Waals surface area (Å²) in [7, 11) is 0. The molecule has 2 aromatic rings. The largest absolute Gasteiger partial charge is 0.271 e. The minimum Gasteiger partial charge on any atom is -0.271 e. The topological polar surface area (TPSA) is 38.0 Å². The van der Waals surface area contributed by atoms with Gasteiger partial charge >= 0.3 is 0 Å². The van der Waals surface area contributed by atoms with Crippen LogP contribution in [0.25, 0.3) is 0 Å². The molecule has 20 heavy (non-hydrogen) atoms. The number of halogens is 3. The van der Waals surface area contributed by atoms with E-state index in [4.69, 9.17) is 17.4 Å². The Morgan fingerprint density at radius 2 is 2.00 bits per heavy atom. The summed E-state index contributed by atoms with van der Waals surface area (Å²) in [6.07, 6.45) is 0.253. The molecule has 2 aromatic carbocycles. The summed E-state index contributed by atoms with van der Waals surface area (Å²) in [5, 5.41) is 0.624. The van der Waals surface area contributed by atoms with E-state index in [1.165, 1.54) is 6.07 Å². The van der Waals surface area contributed by atoms with Gasteiger partial charge in [0.2, 0.25) is 0 Å². The number of hydrogen-bond acceptors (Lipinski definition) is 2. The lowest BCUT2D eigenvalue weighted by atomic mass is 9.95. The van der Waals surface area contributed by atoms with Gasteiger partial charge in [0.1, 0.15) is 0 Å². The fourth-order valence-corrected chi connectivity index (χ4v) is 2.44. The normalized spacial score (nSPS) is 12.4. The third-order valence-corrected chi connectivity index (χ3v) is 3.50. The summed E-state index contributed by atoms with van der Waals surface area (Å²) in [5.74, 6) is 3.86. The lowest BCUT2D eigenvalue weighted by Crippen LogP contribution is -2.30. The van der Waals surface area contributed by atoms with Gasteiger partial charge in [-0.1, -0.05) is 29.8 Å². The molecule has 0 saturated carbocycles. The van der Waals surface area contributed by atoms with Gasteiger partial charge < -0.3 is 0 Å². The van der Waals surface area contributed by atoms with Crippen LogP contribution in [-0.4, -0.2) is 0 Å². The molecule has 0 aromatic heterocycles. The molecule has 0 saturated heterocycles. The standard InChI is InChI=1S/C15H15ClF2N2/c1-9-7-11(16)5-6-12(9)14(20-19)8-10-3-2-4-13(17)15(10)18/h2-7,14,20H,8,19H2,1H3. The van der Waals surface area contributed by atoms with E-state index in [1.807, 2.05) is 19.1 Å². The van der Waals surface area contributed by atoms with E-state index in [2.05, 4.69) is 5.43 Å². The third-order valence-electron chi connectivity index (χ3n) is 3.26. The van der Waals surface area contributed by atoms with Gasteiger partial charge in [-0.05, 0) is 48.2 Å². The molecule has 2 nitrogen and oxygen atoms in total. The summed E-state index contributed by atoms with van der Waals surface area (Å²) in [4.78, 5) is 0. The zero-order valence-electron chi connectivity index (χ0n) is 11.0. The highest BCUT2D eigenvalue weighted by atomic mass is 35.5. The van der Waals surface area contributed by atoms with Crippen molar-refractivity contribution >= 4 is 11.6 Å². The summed E-state index contributed by atoms with van der Waals surface area (Å²) in [6, 6.07) is 9.20. The second kappa shape index (κ2) is 6.31. The lowest BCUT2D eigenvalue weighted by molar-refractivity contribution is 0.481. The molecule has 0 radical (unpaired) electrons. The van der Waals surface area contributed by atoms with Gasteiger partial charge in [-0.3, -0.25) is 11.3 Å². The van der Waals surface area contributed by atoms with E-state index < -0.39 is 11.6 Å². The average Bonchev–Trinajstić information content (AvgIpc) is 2.41. The molecule has 0 heterocycles. The first-order valence-corrected chi connectivity index (χ1v) is 6.55. The van der Waals surface area contributed by atoms with Gasteiger partial charge in [0.15, 0.2) is 11.6 Å². The van der Waals surface area contributed by atoms with E-state index in [9.17, 15) is 8.78 Å². The van der Waals surface area contributed by atoms with Crippen LogP contribution < -0.4 is 11.3 Å². The molecular weight excluding hydrogens is 282 g/mol. The van der Waals surface area contributed by atoms with Crippen molar-refractivity contribution in [2.45, 2.75) is 19.4 Å². The molecule has 2 rings (SSSR count). The molecular formula is C15H15ClF2N2. The number of hydrazine groups is 1. The Balaban J connectivity index is 2.31. The van der Waals surface area contributed by atoms with Crippen molar-refractivity contribution in [3.63, 3.8) is 0 Å². The SMILES string of the molecule is Cc1cc(Cl)ccc1C(Cc1cccc(F)c1F)NN. The molecule has 1 unspecified atom stereocenters. The summed E-state index contributed by atoms with van der Waals surface area (Å²) < 4.78 is 26.9. The molecule has 106 valence electrons. The van der Waals surface area contributed by atoms with Crippen LogP contribution in [0.1, 0.15) is 22.7 Å². The van der Waals surface area contributed by atoms with Gasteiger partial charge in [0.25, 0.3) is 0 Å². The van der Waals surface area contributed by atoms with Gasteiger partial charge in [0, 0.05) is 5.02 Å². The van der Waals surface area contributed by atoms with Crippen LogP contribution in [-0.2, 0) is 6.42 Å². The number of hydrogen-bond donors (Lipinski definition) is 2. The number of aryl methyl sites for hydroxylation is 1. The van der Waals surface area contributed by atoms with Gasteiger partial charge in [-0.15, -0.1) is 0 Å². The summed E-state index contributed by atoms with van der Waals surface area (Å²) in [5.41, 5.74) is 4.77. The maximum atomic E-state index is 13.7. The van der Waals surface area contributed by atoms with Crippen LogP contribution in [0.3, 0.4) is 0 Å². The molecule has 0 bridgehead atoms. The maximum absolute atomic E-state index is 13.7. The predicted molar refractivity (Wildman–Crippen MR) is 76.3 cm³/mol. The Hall–Kier alpha value is -1.49. The quantitative estimate of drug-likeness (QED) is 0.667. The number of nitrogens with two attached hydrogens (primary N) is 1. The first-order valence-electron chi connectivity index (χ1n) is 6.18.